The molecule has 0 aromatic heterocycles. The van der Waals surface area contributed by atoms with Crippen LogP contribution in [-0.2, 0) is 9.59 Å². The summed E-state index contributed by atoms with van der Waals surface area (Å²) in [6.45, 7) is 8.52. The number of rotatable bonds is 9. The molecule has 0 fully saturated rings. The lowest BCUT2D eigenvalue weighted by atomic mass is 9.92. The molecule has 3 rings (SSSR count). The molecule has 0 aliphatic carbocycles. The third-order valence-electron chi connectivity index (χ3n) is 4.85. The second-order valence-electron chi connectivity index (χ2n) is 9.14. The van der Waals surface area contributed by atoms with Crippen molar-refractivity contribution in [1.29, 1.82) is 0 Å². The van der Waals surface area contributed by atoms with Crippen LogP contribution in [0.1, 0.15) is 44.9 Å². The molecule has 0 saturated heterocycles. The van der Waals surface area contributed by atoms with Crippen molar-refractivity contribution < 1.29 is 14.3 Å². The van der Waals surface area contributed by atoms with Crippen molar-refractivity contribution in [3.8, 4) is 5.75 Å². The Hall–Kier alpha value is -3.25. The Bertz CT molecular complexity index is 1110. The molecule has 178 valence electrons. The molecular weight excluding hydrogens is 444 g/mol. The van der Waals surface area contributed by atoms with Crippen molar-refractivity contribution in [1.82, 2.24) is 0 Å². The molecule has 6 heteroatoms. The highest BCUT2D eigenvalue weighted by molar-refractivity contribution is 8.00. The van der Waals surface area contributed by atoms with Crippen LogP contribution in [0.4, 0.5) is 11.4 Å². The zero-order chi connectivity index (χ0) is 24.6. The van der Waals surface area contributed by atoms with E-state index in [4.69, 9.17) is 4.74 Å². The van der Waals surface area contributed by atoms with Gasteiger partial charge in [0.05, 0.1) is 12.3 Å². The van der Waals surface area contributed by atoms with Gasteiger partial charge in [-0.15, -0.1) is 11.8 Å². The maximum atomic E-state index is 13.4. The van der Waals surface area contributed by atoms with E-state index in [0.29, 0.717) is 30.2 Å². The molecule has 0 spiro atoms. The molecule has 1 unspecified atom stereocenters. The number of anilines is 2. The Morgan fingerprint density at radius 1 is 0.912 bits per heavy atom. The van der Waals surface area contributed by atoms with Gasteiger partial charge in [-0.3, -0.25) is 9.59 Å². The van der Waals surface area contributed by atoms with Gasteiger partial charge in [0, 0.05) is 17.0 Å². The van der Waals surface area contributed by atoms with Crippen LogP contribution in [0.5, 0.6) is 5.75 Å². The van der Waals surface area contributed by atoms with E-state index in [1.54, 1.807) is 0 Å². The van der Waals surface area contributed by atoms with E-state index < -0.39 is 5.25 Å². The summed E-state index contributed by atoms with van der Waals surface area (Å²) in [5.41, 5.74) is 2.15. The topological polar surface area (TPSA) is 67.4 Å². The highest BCUT2D eigenvalue weighted by atomic mass is 32.2. The van der Waals surface area contributed by atoms with Crippen molar-refractivity contribution >= 4 is 35.0 Å². The highest BCUT2D eigenvalue weighted by Crippen LogP contribution is 2.38. The first-order chi connectivity index (χ1) is 16.2. The molecule has 3 aromatic carbocycles. The van der Waals surface area contributed by atoms with Gasteiger partial charge >= 0.3 is 0 Å². The Labute approximate surface area is 206 Å². The third kappa shape index (κ3) is 7.66. The number of hydrogen-bond acceptors (Lipinski definition) is 4. The average Bonchev–Trinajstić information content (AvgIpc) is 2.78. The van der Waals surface area contributed by atoms with Crippen molar-refractivity contribution in [3.05, 3.63) is 84.4 Å². The van der Waals surface area contributed by atoms with E-state index in [-0.39, 0.29) is 17.2 Å². The molecule has 0 radical (unpaired) electrons. The molecule has 0 aliphatic rings. The van der Waals surface area contributed by atoms with Crippen molar-refractivity contribution in [2.45, 2.75) is 44.3 Å². The monoisotopic (exact) mass is 476 g/mol. The summed E-state index contributed by atoms with van der Waals surface area (Å²) in [5.74, 6) is 0.462. The Morgan fingerprint density at radius 3 is 2.32 bits per heavy atom. The van der Waals surface area contributed by atoms with E-state index in [2.05, 4.69) is 10.6 Å². The number of nitrogens with one attached hydrogen (secondary N) is 2. The SMILES string of the molecule is CCOc1ccccc1NC(=O)C(Sc1cccc(NC(=O)CC(C)(C)C)c1)c1ccccc1. The third-order valence-corrected chi connectivity index (χ3v) is 6.10. The molecule has 0 heterocycles. The van der Waals surface area contributed by atoms with Gasteiger partial charge in [0.15, 0.2) is 0 Å². The minimum Gasteiger partial charge on any atom is -0.492 e. The molecule has 0 bridgehead atoms. The van der Waals surface area contributed by atoms with E-state index in [1.807, 2.05) is 107 Å². The highest BCUT2D eigenvalue weighted by Gasteiger charge is 2.23. The van der Waals surface area contributed by atoms with Crippen LogP contribution >= 0.6 is 11.8 Å². The number of hydrogen-bond donors (Lipinski definition) is 2. The van der Waals surface area contributed by atoms with Crippen LogP contribution < -0.4 is 15.4 Å². The van der Waals surface area contributed by atoms with Crippen molar-refractivity contribution in [2.24, 2.45) is 5.41 Å². The number of ether oxygens (including phenoxy) is 1. The molecule has 1 atom stereocenters. The number of carbonyl (C=O) groups excluding carboxylic acids is 2. The van der Waals surface area contributed by atoms with E-state index in [1.165, 1.54) is 11.8 Å². The lowest BCUT2D eigenvalue weighted by Crippen LogP contribution is -2.20. The summed E-state index contributed by atoms with van der Waals surface area (Å²) in [6.07, 6.45) is 0.429. The zero-order valence-corrected chi connectivity index (χ0v) is 20.9. The van der Waals surface area contributed by atoms with Gasteiger partial charge in [-0.25, -0.2) is 0 Å². The van der Waals surface area contributed by atoms with Gasteiger partial charge in [0.25, 0.3) is 0 Å². The van der Waals surface area contributed by atoms with E-state index in [0.717, 1.165) is 10.5 Å². The van der Waals surface area contributed by atoms with Gasteiger partial charge in [0.2, 0.25) is 11.8 Å². The lowest BCUT2D eigenvalue weighted by Gasteiger charge is -2.19. The molecule has 3 aromatic rings. The largest absolute Gasteiger partial charge is 0.492 e. The number of carbonyl (C=O) groups is 2. The fraction of sp³-hybridized carbons (Fsp3) is 0.286. The fourth-order valence-corrected chi connectivity index (χ4v) is 4.50. The molecule has 0 aliphatic heterocycles. The summed E-state index contributed by atoms with van der Waals surface area (Å²) in [4.78, 5) is 26.7. The number of thioether (sulfide) groups is 1. The van der Waals surface area contributed by atoms with Crippen LogP contribution in [0.15, 0.2) is 83.8 Å². The smallest absolute Gasteiger partial charge is 0.242 e. The second kappa shape index (κ2) is 11.7. The first kappa shape index (κ1) is 25.4. The van der Waals surface area contributed by atoms with Crippen LogP contribution in [0, 0.1) is 5.41 Å². The Morgan fingerprint density at radius 2 is 1.62 bits per heavy atom. The maximum absolute atomic E-state index is 13.4. The number of para-hydroxylation sites is 2. The predicted octanol–water partition coefficient (Wildman–Crippen LogP) is 6.93. The first-order valence-electron chi connectivity index (χ1n) is 11.4. The van der Waals surface area contributed by atoms with Crippen LogP contribution in [0.3, 0.4) is 0 Å². The molecule has 2 N–H and O–H groups in total. The van der Waals surface area contributed by atoms with Crippen molar-refractivity contribution in [3.63, 3.8) is 0 Å². The molecule has 34 heavy (non-hydrogen) atoms. The van der Waals surface area contributed by atoms with Crippen LogP contribution in [-0.4, -0.2) is 18.4 Å². The van der Waals surface area contributed by atoms with Crippen LogP contribution in [0.2, 0.25) is 0 Å². The molecule has 2 amide bonds. The van der Waals surface area contributed by atoms with Crippen molar-refractivity contribution in [2.75, 3.05) is 17.2 Å². The summed E-state index contributed by atoms with van der Waals surface area (Å²) in [7, 11) is 0. The van der Waals surface area contributed by atoms with E-state index in [9.17, 15) is 9.59 Å². The summed E-state index contributed by atoms with van der Waals surface area (Å²) >= 11 is 1.44. The van der Waals surface area contributed by atoms with Gasteiger partial charge in [-0.2, -0.15) is 0 Å². The average molecular weight is 477 g/mol. The summed E-state index contributed by atoms with van der Waals surface area (Å²) in [6, 6.07) is 24.7. The quantitative estimate of drug-likeness (QED) is 0.329. The Balaban J connectivity index is 1.81. The molecular formula is C28H32N2O3S. The normalized spacial score (nSPS) is 12.0. The minimum absolute atomic E-state index is 0.0282. The Kier molecular flexibility index (Phi) is 8.77. The van der Waals surface area contributed by atoms with Gasteiger partial charge < -0.3 is 15.4 Å². The summed E-state index contributed by atoms with van der Waals surface area (Å²) in [5, 5.41) is 5.52. The first-order valence-corrected chi connectivity index (χ1v) is 12.3. The molecule has 5 nitrogen and oxygen atoms in total. The maximum Gasteiger partial charge on any atom is 0.242 e. The predicted molar refractivity (Wildman–Crippen MR) is 140 cm³/mol. The minimum atomic E-state index is -0.489. The van der Waals surface area contributed by atoms with Gasteiger partial charge in [-0.1, -0.05) is 69.3 Å². The fourth-order valence-electron chi connectivity index (χ4n) is 3.42. The zero-order valence-electron chi connectivity index (χ0n) is 20.1. The standard InChI is InChI=1S/C28H32N2O3S/c1-5-33-24-17-10-9-16-23(24)30-27(32)26(20-12-7-6-8-13-20)34-22-15-11-14-21(18-22)29-25(31)19-28(2,3)4/h6-18,26H,5,19H2,1-4H3,(H,29,31)(H,30,32). The summed E-state index contributed by atoms with van der Waals surface area (Å²) < 4.78 is 5.67. The second-order valence-corrected chi connectivity index (χ2v) is 10.3. The number of benzene rings is 3. The van der Waals surface area contributed by atoms with Gasteiger partial charge in [-0.05, 0) is 48.2 Å². The number of amides is 2. The lowest BCUT2D eigenvalue weighted by molar-refractivity contribution is -0.118. The van der Waals surface area contributed by atoms with Crippen LogP contribution in [0.25, 0.3) is 0 Å². The van der Waals surface area contributed by atoms with E-state index >= 15 is 0 Å². The van der Waals surface area contributed by atoms with Gasteiger partial charge in [0.1, 0.15) is 11.0 Å². The molecule has 0 saturated carbocycles.